The van der Waals surface area contributed by atoms with Crippen LogP contribution in [0.1, 0.15) is 39.0 Å². The predicted molar refractivity (Wildman–Crippen MR) is 58.9 cm³/mol. The third kappa shape index (κ3) is 2.34. The van der Waals surface area contributed by atoms with E-state index >= 15 is 0 Å². The smallest absolute Gasteiger partial charge is 0.340 e. The van der Waals surface area contributed by atoms with Gasteiger partial charge < -0.3 is 9.47 Å². The van der Waals surface area contributed by atoms with Crippen molar-refractivity contribution in [3.05, 3.63) is 28.6 Å². The molecule has 0 radical (unpaired) electrons. The number of aromatic nitrogens is 1. The maximum absolute atomic E-state index is 11.6. The molecule has 0 fully saturated rings. The van der Waals surface area contributed by atoms with Crippen LogP contribution in [0.2, 0.25) is 0 Å². The Hall–Kier alpha value is -1.75. The summed E-state index contributed by atoms with van der Waals surface area (Å²) in [4.78, 5) is 26.8. The summed E-state index contributed by atoms with van der Waals surface area (Å²) in [5.41, 5.74) is 2.03. The molecule has 1 aliphatic heterocycles. The highest BCUT2D eigenvalue weighted by Gasteiger charge is 2.19. The third-order valence-corrected chi connectivity index (χ3v) is 2.57. The zero-order valence-electron chi connectivity index (χ0n) is 9.56. The summed E-state index contributed by atoms with van der Waals surface area (Å²) in [6.45, 7) is 3.00. The second-order valence-corrected chi connectivity index (χ2v) is 3.67. The molecular weight excluding hydrogens is 222 g/mol. The second kappa shape index (κ2) is 5.05. The van der Waals surface area contributed by atoms with Crippen LogP contribution in [-0.2, 0) is 22.5 Å². The van der Waals surface area contributed by atoms with E-state index in [9.17, 15) is 9.59 Å². The van der Waals surface area contributed by atoms with Crippen LogP contribution in [-0.4, -0.2) is 30.5 Å². The minimum atomic E-state index is -0.518. The summed E-state index contributed by atoms with van der Waals surface area (Å²) in [7, 11) is 0. The molecule has 0 saturated carbocycles. The molecule has 0 aromatic carbocycles. The molecule has 2 heterocycles. The summed E-state index contributed by atoms with van der Waals surface area (Å²) in [6.07, 6.45) is 1.25. The van der Waals surface area contributed by atoms with Gasteiger partial charge in [0.2, 0.25) is 0 Å². The molecule has 5 heteroatoms. The minimum absolute atomic E-state index is 0.143. The number of fused-ring (bicyclic) bond motifs is 1. The van der Waals surface area contributed by atoms with E-state index in [1.807, 2.05) is 0 Å². The van der Waals surface area contributed by atoms with E-state index in [1.165, 1.54) is 0 Å². The van der Waals surface area contributed by atoms with Crippen LogP contribution in [0.25, 0.3) is 0 Å². The monoisotopic (exact) mass is 235 g/mol. The Kier molecular flexibility index (Phi) is 3.49. The van der Waals surface area contributed by atoms with Crippen molar-refractivity contribution in [2.75, 3.05) is 13.2 Å². The first-order valence-electron chi connectivity index (χ1n) is 5.49. The Balaban J connectivity index is 2.43. The zero-order chi connectivity index (χ0) is 12.3. The van der Waals surface area contributed by atoms with E-state index in [2.05, 4.69) is 4.98 Å². The number of hydrogen-bond donors (Lipinski definition) is 0. The number of ether oxygens (including phenoxy) is 2. The van der Waals surface area contributed by atoms with Crippen molar-refractivity contribution in [2.45, 2.75) is 20.0 Å². The van der Waals surface area contributed by atoms with Gasteiger partial charge in [0.15, 0.2) is 6.29 Å². The second-order valence-electron chi connectivity index (χ2n) is 3.67. The number of esters is 1. The molecule has 0 spiro atoms. The number of pyridine rings is 1. The van der Waals surface area contributed by atoms with E-state index in [-0.39, 0.29) is 17.9 Å². The average Bonchev–Trinajstić information content (AvgIpc) is 2.37. The highest BCUT2D eigenvalue weighted by molar-refractivity contribution is 5.97. The quantitative estimate of drug-likeness (QED) is 0.580. The van der Waals surface area contributed by atoms with Gasteiger partial charge >= 0.3 is 5.97 Å². The molecule has 0 unspecified atom stereocenters. The number of carbonyl (C=O) groups is 2. The molecule has 1 aromatic heterocycles. The van der Waals surface area contributed by atoms with Gasteiger partial charge in [-0.1, -0.05) is 0 Å². The van der Waals surface area contributed by atoms with Crippen LogP contribution in [0.5, 0.6) is 0 Å². The van der Waals surface area contributed by atoms with E-state index in [0.717, 1.165) is 11.3 Å². The highest BCUT2D eigenvalue weighted by Crippen LogP contribution is 2.18. The van der Waals surface area contributed by atoms with Gasteiger partial charge in [-0.25, -0.2) is 9.78 Å². The molecule has 5 nitrogen and oxygen atoms in total. The topological polar surface area (TPSA) is 65.5 Å². The number of hydrogen-bond acceptors (Lipinski definition) is 5. The van der Waals surface area contributed by atoms with Crippen LogP contribution < -0.4 is 0 Å². The molecule has 0 atom stereocenters. The highest BCUT2D eigenvalue weighted by atomic mass is 16.5. The average molecular weight is 235 g/mol. The summed E-state index contributed by atoms with van der Waals surface area (Å²) in [5.74, 6) is -0.518. The molecule has 1 aliphatic rings. The van der Waals surface area contributed by atoms with Gasteiger partial charge in [-0.05, 0) is 13.0 Å². The lowest BCUT2D eigenvalue weighted by atomic mass is 10.0. The Morgan fingerprint density at radius 3 is 3.18 bits per heavy atom. The van der Waals surface area contributed by atoms with Crippen molar-refractivity contribution < 1.29 is 19.1 Å². The van der Waals surface area contributed by atoms with Gasteiger partial charge in [0.1, 0.15) is 5.69 Å². The summed E-state index contributed by atoms with van der Waals surface area (Å²) in [6, 6.07) is 1.64. The van der Waals surface area contributed by atoms with Crippen LogP contribution in [0.3, 0.4) is 0 Å². The molecule has 1 aromatic rings. The normalized spacial score (nSPS) is 13.9. The first kappa shape index (κ1) is 11.7. The van der Waals surface area contributed by atoms with Crippen molar-refractivity contribution in [2.24, 2.45) is 0 Å². The lowest BCUT2D eigenvalue weighted by Crippen LogP contribution is -2.17. The fourth-order valence-electron chi connectivity index (χ4n) is 1.76. The van der Waals surface area contributed by atoms with Crippen LogP contribution in [0, 0.1) is 0 Å². The Labute approximate surface area is 98.7 Å². The lowest BCUT2D eigenvalue weighted by molar-refractivity contribution is 0.0522. The minimum Gasteiger partial charge on any atom is -0.462 e. The van der Waals surface area contributed by atoms with E-state index in [1.54, 1.807) is 13.0 Å². The molecule has 90 valence electrons. The number of carbonyl (C=O) groups excluding carboxylic acids is 2. The fraction of sp³-hybridized carbons (Fsp3) is 0.417. The number of rotatable bonds is 3. The van der Waals surface area contributed by atoms with E-state index in [0.29, 0.717) is 25.9 Å². The van der Waals surface area contributed by atoms with Crippen molar-refractivity contribution in [1.29, 1.82) is 0 Å². The van der Waals surface area contributed by atoms with Crippen LogP contribution in [0.4, 0.5) is 0 Å². The molecule has 0 bridgehead atoms. The summed E-state index contributed by atoms with van der Waals surface area (Å²) >= 11 is 0. The number of nitrogens with zero attached hydrogens (tertiary/aromatic N) is 1. The Morgan fingerprint density at radius 2 is 2.47 bits per heavy atom. The zero-order valence-corrected chi connectivity index (χ0v) is 9.56. The lowest BCUT2D eigenvalue weighted by Gasteiger charge is -2.17. The first-order chi connectivity index (χ1) is 8.26. The van der Waals surface area contributed by atoms with E-state index < -0.39 is 5.97 Å². The maximum Gasteiger partial charge on any atom is 0.340 e. The van der Waals surface area contributed by atoms with Gasteiger partial charge in [0.05, 0.1) is 25.4 Å². The van der Waals surface area contributed by atoms with Crippen molar-refractivity contribution in [3.63, 3.8) is 0 Å². The Bertz CT molecular complexity index is 456. The standard InChI is InChI=1S/C12H13NO4/c1-2-17-12(15)9-5-8-7-16-4-3-10(8)13-11(9)6-14/h5-6H,2-4,7H2,1H3. The third-order valence-electron chi connectivity index (χ3n) is 2.57. The molecule has 17 heavy (non-hydrogen) atoms. The van der Waals surface area contributed by atoms with Gasteiger partial charge in [0.25, 0.3) is 0 Å². The van der Waals surface area contributed by atoms with Crippen molar-refractivity contribution >= 4 is 12.3 Å². The van der Waals surface area contributed by atoms with Gasteiger partial charge in [-0.2, -0.15) is 0 Å². The van der Waals surface area contributed by atoms with Crippen molar-refractivity contribution in [3.8, 4) is 0 Å². The SMILES string of the molecule is CCOC(=O)c1cc2c(nc1C=O)CCOC2. The van der Waals surface area contributed by atoms with Gasteiger partial charge in [-0.3, -0.25) is 4.79 Å². The Morgan fingerprint density at radius 1 is 1.65 bits per heavy atom. The first-order valence-corrected chi connectivity index (χ1v) is 5.49. The summed E-state index contributed by atoms with van der Waals surface area (Å²) < 4.78 is 10.2. The molecule has 0 aliphatic carbocycles. The molecular formula is C12H13NO4. The van der Waals surface area contributed by atoms with Crippen molar-refractivity contribution in [1.82, 2.24) is 4.98 Å². The molecule has 0 amide bonds. The molecule has 0 N–H and O–H groups in total. The van der Waals surface area contributed by atoms with Gasteiger partial charge in [-0.15, -0.1) is 0 Å². The van der Waals surface area contributed by atoms with Crippen LogP contribution >= 0.6 is 0 Å². The van der Waals surface area contributed by atoms with Gasteiger partial charge in [0, 0.05) is 17.7 Å². The van der Waals surface area contributed by atoms with Crippen LogP contribution in [0.15, 0.2) is 6.07 Å². The fourth-order valence-corrected chi connectivity index (χ4v) is 1.76. The van der Waals surface area contributed by atoms with E-state index in [4.69, 9.17) is 9.47 Å². The maximum atomic E-state index is 11.6. The largest absolute Gasteiger partial charge is 0.462 e. The number of aldehydes is 1. The molecule has 0 saturated heterocycles. The molecule has 2 rings (SSSR count). The summed E-state index contributed by atoms with van der Waals surface area (Å²) in [5, 5.41) is 0. The predicted octanol–water partition coefficient (Wildman–Crippen LogP) is 1.14.